The van der Waals surface area contributed by atoms with Gasteiger partial charge in [0.05, 0.1) is 5.69 Å². The standard InChI is InChI=1S/C22H39N5O2/c1-22(2,3)29-21(28)27(6)18-12-16-23-19-13-11-15-25-20(19)24-14-9-7-8-10-17-26(4)5/h11,13-15,23H,7-10,12,16-18H2,1-6H3. The first-order chi connectivity index (χ1) is 13.7. The number of carbonyl (C=O) groups is 1. The monoisotopic (exact) mass is 405 g/mol. The zero-order chi connectivity index (χ0) is 21.7. The summed E-state index contributed by atoms with van der Waals surface area (Å²) in [6, 6.07) is 3.88. The summed E-state index contributed by atoms with van der Waals surface area (Å²) in [5.74, 6) is 0.710. The topological polar surface area (TPSA) is 70.1 Å². The Labute approximate surface area is 176 Å². The Morgan fingerprint density at radius 3 is 2.62 bits per heavy atom. The van der Waals surface area contributed by atoms with Gasteiger partial charge in [-0.1, -0.05) is 6.42 Å². The van der Waals surface area contributed by atoms with Crippen LogP contribution in [-0.2, 0) is 4.74 Å². The van der Waals surface area contributed by atoms with Crippen LogP contribution in [-0.4, -0.2) is 73.5 Å². The third-order valence-electron chi connectivity index (χ3n) is 4.13. The van der Waals surface area contributed by atoms with Crippen LogP contribution in [0.4, 0.5) is 16.3 Å². The molecule has 1 rings (SSSR count). The molecule has 0 saturated heterocycles. The Bertz CT molecular complexity index is 626. The van der Waals surface area contributed by atoms with Crippen LogP contribution in [0.3, 0.4) is 0 Å². The van der Waals surface area contributed by atoms with Gasteiger partial charge in [0.25, 0.3) is 0 Å². The van der Waals surface area contributed by atoms with Crippen LogP contribution in [0.1, 0.15) is 52.9 Å². The first-order valence-electron chi connectivity index (χ1n) is 10.5. The highest BCUT2D eigenvalue weighted by atomic mass is 16.6. The van der Waals surface area contributed by atoms with E-state index >= 15 is 0 Å². The summed E-state index contributed by atoms with van der Waals surface area (Å²) in [6.45, 7) is 8.09. The molecule has 0 aliphatic rings. The van der Waals surface area contributed by atoms with Crippen LogP contribution in [0.25, 0.3) is 0 Å². The Balaban J connectivity index is 2.35. The second-order valence-corrected chi connectivity index (χ2v) is 8.52. The second kappa shape index (κ2) is 13.1. The average Bonchev–Trinajstić information content (AvgIpc) is 2.63. The van der Waals surface area contributed by atoms with Crippen molar-refractivity contribution in [2.45, 2.75) is 58.5 Å². The first-order valence-corrected chi connectivity index (χ1v) is 10.5. The fourth-order valence-electron chi connectivity index (χ4n) is 2.60. The molecule has 0 spiro atoms. The number of hydrogen-bond donors (Lipinski definition) is 1. The molecular weight excluding hydrogens is 366 g/mol. The maximum Gasteiger partial charge on any atom is 0.410 e. The van der Waals surface area contributed by atoms with Gasteiger partial charge in [-0.3, -0.25) is 0 Å². The van der Waals surface area contributed by atoms with E-state index in [1.807, 2.05) is 39.1 Å². The van der Waals surface area contributed by atoms with E-state index in [4.69, 9.17) is 4.74 Å². The number of carbonyl (C=O) groups excluding carboxylic acids is 1. The molecule has 0 aromatic carbocycles. The maximum atomic E-state index is 12.0. The van der Waals surface area contributed by atoms with Crippen molar-refractivity contribution < 1.29 is 9.53 Å². The normalized spacial score (nSPS) is 11.8. The zero-order valence-corrected chi connectivity index (χ0v) is 19.1. The van der Waals surface area contributed by atoms with Gasteiger partial charge in [0.15, 0.2) is 5.82 Å². The van der Waals surface area contributed by atoms with Gasteiger partial charge in [-0.2, -0.15) is 0 Å². The lowest BCUT2D eigenvalue weighted by Crippen LogP contribution is -2.35. The van der Waals surface area contributed by atoms with Crippen molar-refractivity contribution in [2.75, 3.05) is 46.1 Å². The Hall–Kier alpha value is -2.15. The van der Waals surface area contributed by atoms with Crippen LogP contribution >= 0.6 is 0 Å². The SMILES string of the molecule is CN(C)CCCCCC=Nc1ncccc1NCCCN(C)C(=O)OC(C)(C)C. The number of aliphatic imine (C=N–C) groups is 1. The Kier molecular flexibility index (Phi) is 11.3. The predicted octanol–water partition coefficient (Wildman–Crippen LogP) is 4.57. The largest absolute Gasteiger partial charge is 0.444 e. The molecule has 1 N–H and O–H groups in total. The van der Waals surface area contributed by atoms with Gasteiger partial charge < -0.3 is 19.9 Å². The number of nitrogens with zero attached hydrogens (tertiary/aromatic N) is 4. The van der Waals surface area contributed by atoms with Gasteiger partial charge in [-0.25, -0.2) is 14.8 Å². The molecule has 1 heterocycles. The number of ether oxygens (including phenoxy) is 1. The van der Waals surface area contributed by atoms with Crippen LogP contribution in [0.5, 0.6) is 0 Å². The molecule has 0 bridgehead atoms. The summed E-state index contributed by atoms with van der Waals surface area (Å²) < 4.78 is 5.36. The van der Waals surface area contributed by atoms with Crippen LogP contribution in [0.15, 0.2) is 23.3 Å². The number of nitrogens with one attached hydrogen (secondary N) is 1. The van der Waals surface area contributed by atoms with Crippen molar-refractivity contribution >= 4 is 23.8 Å². The van der Waals surface area contributed by atoms with E-state index in [0.717, 1.165) is 38.0 Å². The molecule has 0 saturated carbocycles. The van der Waals surface area contributed by atoms with Crippen molar-refractivity contribution in [2.24, 2.45) is 4.99 Å². The van der Waals surface area contributed by atoms with Crippen molar-refractivity contribution in [3.05, 3.63) is 18.3 Å². The van der Waals surface area contributed by atoms with Crippen molar-refractivity contribution in [3.63, 3.8) is 0 Å². The molecule has 0 unspecified atom stereocenters. The van der Waals surface area contributed by atoms with Crippen LogP contribution in [0, 0.1) is 0 Å². The summed E-state index contributed by atoms with van der Waals surface area (Å²) in [6.07, 6.45) is 8.76. The van der Waals surface area contributed by atoms with Gasteiger partial charge in [0.1, 0.15) is 5.60 Å². The van der Waals surface area contributed by atoms with E-state index in [0.29, 0.717) is 12.4 Å². The molecule has 0 atom stereocenters. The molecule has 7 nitrogen and oxygen atoms in total. The van der Waals surface area contributed by atoms with E-state index in [-0.39, 0.29) is 6.09 Å². The molecule has 0 fully saturated rings. The molecule has 29 heavy (non-hydrogen) atoms. The van der Waals surface area contributed by atoms with E-state index in [1.165, 1.54) is 12.8 Å². The first kappa shape index (κ1) is 24.9. The van der Waals surface area contributed by atoms with Gasteiger partial charge in [0.2, 0.25) is 0 Å². The molecule has 164 valence electrons. The van der Waals surface area contributed by atoms with Gasteiger partial charge in [-0.15, -0.1) is 0 Å². The third kappa shape index (κ3) is 12.1. The number of aromatic nitrogens is 1. The fourth-order valence-corrected chi connectivity index (χ4v) is 2.60. The highest BCUT2D eigenvalue weighted by molar-refractivity contribution is 5.69. The number of rotatable bonds is 12. The number of anilines is 1. The van der Waals surface area contributed by atoms with E-state index in [2.05, 4.69) is 34.3 Å². The summed E-state index contributed by atoms with van der Waals surface area (Å²) in [5.41, 5.74) is 0.440. The van der Waals surface area contributed by atoms with E-state index in [9.17, 15) is 4.79 Å². The lowest BCUT2D eigenvalue weighted by atomic mass is 10.2. The number of unbranched alkanes of at least 4 members (excludes halogenated alkanes) is 3. The smallest absolute Gasteiger partial charge is 0.410 e. The third-order valence-corrected chi connectivity index (χ3v) is 4.13. The van der Waals surface area contributed by atoms with Crippen LogP contribution < -0.4 is 5.32 Å². The second-order valence-electron chi connectivity index (χ2n) is 8.52. The van der Waals surface area contributed by atoms with Crippen molar-refractivity contribution in [1.29, 1.82) is 0 Å². The summed E-state index contributed by atoms with van der Waals surface area (Å²) in [5, 5.41) is 3.37. The minimum Gasteiger partial charge on any atom is -0.444 e. The van der Waals surface area contributed by atoms with Crippen LogP contribution in [0.2, 0.25) is 0 Å². The number of amides is 1. The molecule has 1 aromatic heterocycles. The summed E-state index contributed by atoms with van der Waals surface area (Å²) >= 11 is 0. The minimum atomic E-state index is -0.474. The molecular formula is C22H39N5O2. The summed E-state index contributed by atoms with van der Waals surface area (Å²) in [4.78, 5) is 24.7. The minimum absolute atomic E-state index is 0.297. The van der Waals surface area contributed by atoms with Gasteiger partial charge in [-0.05, 0) is 79.2 Å². The highest BCUT2D eigenvalue weighted by Gasteiger charge is 2.19. The molecule has 7 heteroatoms. The van der Waals surface area contributed by atoms with Crippen molar-refractivity contribution in [1.82, 2.24) is 14.8 Å². The molecule has 0 aliphatic carbocycles. The average molecular weight is 406 g/mol. The molecule has 1 aromatic rings. The van der Waals surface area contributed by atoms with E-state index in [1.54, 1.807) is 18.1 Å². The number of pyridine rings is 1. The Morgan fingerprint density at radius 2 is 1.93 bits per heavy atom. The highest BCUT2D eigenvalue weighted by Crippen LogP contribution is 2.21. The molecule has 0 radical (unpaired) electrons. The van der Waals surface area contributed by atoms with E-state index < -0.39 is 5.60 Å². The van der Waals surface area contributed by atoms with Gasteiger partial charge in [0, 0.05) is 32.5 Å². The fraction of sp³-hybridized carbons (Fsp3) is 0.682. The quantitative estimate of drug-likeness (QED) is 0.407. The zero-order valence-electron chi connectivity index (χ0n) is 19.1. The summed E-state index contributed by atoms with van der Waals surface area (Å²) in [7, 11) is 5.96. The molecule has 0 aliphatic heterocycles. The lowest BCUT2D eigenvalue weighted by Gasteiger charge is -2.24. The maximum absolute atomic E-state index is 12.0. The molecule has 1 amide bonds. The predicted molar refractivity (Wildman–Crippen MR) is 121 cm³/mol. The number of hydrogen-bond acceptors (Lipinski definition) is 6. The lowest BCUT2D eigenvalue weighted by molar-refractivity contribution is 0.0298. The Morgan fingerprint density at radius 1 is 1.17 bits per heavy atom. The van der Waals surface area contributed by atoms with Gasteiger partial charge >= 0.3 is 6.09 Å². The van der Waals surface area contributed by atoms with Crippen molar-refractivity contribution in [3.8, 4) is 0 Å².